The first-order valence-corrected chi connectivity index (χ1v) is 7.53. The highest BCUT2D eigenvalue weighted by molar-refractivity contribution is 6.35. The summed E-state index contributed by atoms with van der Waals surface area (Å²) in [6, 6.07) is 14.7. The molecule has 0 atom stereocenters. The van der Waals surface area contributed by atoms with E-state index in [2.05, 4.69) is 20.6 Å². The predicted molar refractivity (Wildman–Crippen MR) is 95.9 cm³/mol. The molecule has 0 aliphatic carbocycles. The molecule has 0 aliphatic rings. The van der Waals surface area contributed by atoms with Gasteiger partial charge in [0.1, 0.15) is 12.0 Å². The highest BCUT2D eigenvalue weighted by atomic mass is 35.5. The maximum atomic E-state index is 6.15. The number of rotatable bonds is 4. The van der Waals surface area contributed by atoms with E-state index >= 15 is 0 Å². The standard InChI is InChI=1S/C16H13Cl2N5/c17-10-6-7-12(18)13(8-10)23-16-14(19)15(20-9-21-16)22-11-4-2-1-3-5-11/h1-9H,19H2,(H2,20,21,22,23). The van der Waals surface area contributed by atoms with Gasteiger partial charge in [-0.15, -0.1) is 0 Å². The van der Waals surface area contributed by atoms with E-state index in [1.54, 1.807) is 18.2 Å². The molecule has 1 aromatic heterocycles. The molecule has 0 bridgehead atoms. The van der Waals surface area contributed by atoms with Crippen molar-refractivity contribution in [3.8, 4) is 0 Å². The monoisotopic (exact) mass is 345 g/mol. The number of nitrogens with two attached hydrogens (primary N) is 1. The van der Waals surface area contributed by atoms with Crippen LogP contribution in [0, 0.1) is 0 Å². The number of nitrogen functional groups attached to an aromatic ring is 1. The molecule has 0 radical (unpaired) electrons. The molecule has 116 valence electrons. The van der Waals surface area contributed by atoms with Gasteiger partial charge in [0.2, 0.25) is 0 Å². The van der Waals surface area contributed by atoms with E-state index in [-0.39, 0.29) is 0 Å². The summed E-state index contributed by atoms with van der Waals surface area (Å²) in [7, 11) is 0. The Balaban J connectivity index is 1.89. The topological polar surface area (TPSA) is 75.9 Å². The minimum atomic E-state index is 0.382. The first-order chi connectivity index (χ1) is 11.1. The zero-order valence-corrected chi connectivity index (χ0v) is 13.4. The van der Waals surface area contributed by atoms with Crippen LogP contribution in [0.1, 0.15) is 0 Å². The average Bonchev–Trinajstić information content (AvgIpc) is 2.55. The first kappa shape index (κ1) is 15.4. The second kappa shape index (κ2) is 6.73. The highest BCUT2D eigenvalue weighted by Gasteiger charge is 2.10. The Labute approximate surface area is 143 Å². The third kappa shape index (κ3) is 3.64. The molecular formula is C16H13Cl2N5. The largest absolute Gasteiger partial charge is 0.393 e. The normalized spacial score (nSPS) is 10.3. The first-order valence-electron chi connectivity index (χ1n) is 6.78. The van der Waals surface area contributed by atoms with Crippen LogP contribution < -0.4 is 16.4 Å². The lowest BCUT2D eigenvalue weighted by Gasteiger charge is -2.13. The van der Waals surface area contributed by atoms with E-state index < -0.39 is 0 Å². The number of aromatic nitrogens is 2. The summed E-state index contributed by atoms with van der Waals surface area (Å²) in [5.41, 5.74) is 8.02. The van der Waals surface area contributed by atoms with Crippen molar-refractivity contribution in [1.29, 1.82) is 0 Å². The van der Waals surface area contributed by atoms with Crippen molar-refractivity contribution in [2.24, 2.45) is 0 Å². The summed E-state index contributed by atoms with van der Waals surface area (Å²) in [6.45, 7) is 0. The molecule has 0 aliphatic heterocycles. The Morgan fingerprint density at radius 2 is 1.57 bits per heavy atom. The summed E-state index contributed by atoms with van der Waals surface area (Å²) in [6.07, 6.45) is 1.42. The van der Waals surface area contributed by atoms with Gasteiger partial charge in [-0.3, -0.25) is 0 Å². The van der Waals surface area contributed by atoms with Crippen LogP contribution in [0.25, 0.3) is 0 Å². The maximum absolute atomic E-state index is 6.15. The summed E-state index contributed by atoms with van der Waals surface area (Å²) >= 11 is 12.1. The Bertz CT molecular complexity index is 824. The van der Waals surface area contributed by atoms with E-state index in [1.807, 2.05) is 30.3 Å². The van der Waals surface area contributed by atoms with E-state index in [4.69, 9.17) is 28.9 Å². The van der Waals surface area contributed by atoms with Gasteiger partial charge in [-0.25, -0.2) is 9.97 Å². The number of benzene rings is 2. The van der Waals surface area contributed by atoms with E-state index in [1.165, 1.54) is 6.33 Å². The van der Waals surface area contributed by atoms with Gasteiger partial charge in [0, 0.05) is 10.7 Å². The summed E-state index contributed by atoms with van der Waals surface area (Å²) in [5, 5.41) is 7.30. The molecule has 1 heterocycles. The number of halogens is 2. The molecule has 0 fully saturated rings. The highest BCUT2D eigenvalue weighted by Crippen LogP contribution is 2.32. The van der Waals surface area contributed by atoms with E-state index in [0.717, 1.165) is 5.69 Å². The number of hydrogen-bond donors (Lipinski definition) is 3. The average molecular weight is 346 g/mol. The van der Waals surface area contributed by atoms with Gasteiger partial charge in [-0.05, 0) is 30.3 Å². The Morgan fingerprint density at radius 1 is 0.870 bits per heavy atom. The fourth-order valence-corrected chi connectivity index (χ4v) is 2.31. The zero-order chi connectivity index (χ0) is 16.2. The third-order valence-electron chi connectivity index (χ3n) is 3.10. The molecule has 0 amide bonds. The lowest BCUT2D eigenvalue weighted by atomic mass is 10.3. The third-order valence-corrected chi connectivity index (χ3v) is 3.67. The van der Waals surface area contributed by atoms with Gasteiger partial charge in [-0.2, -0.15) is 0 Å². The summed E-state index contributed by atoms with van der Waals surface area (Å²) in [4.78, 5) is 8.33. The zero-order valence-electron chi connectivity index (χ0n) is 11.9. The van der Waals surface area contributed by atoms with E-state index in [9.17, 15) is 0 Å². The molecule has 4 N–H and O–H groups in total. The maximum Gasteiger partial charge on any atom is 0.159 e. The van der Waals surface area contributed by atoms with Crippen molar-refractivity contribution in [2.45, 2.75) is 0 Å². The van der Waals surface area contributed by atoms with Gasteiger partial charge >= 0.3 is 0 Å². The van der Waals surface area contributed by atoms with E-state index in [0.29, 0.717) is 33.1 Å². The van der Waals surface area contributed by atoms with Gasteiger partial charge in [0.25, 0.3) is 0 Å². The SMILES string of the molecule is Nc1c(Nc2ccccc2)ncnc1Nc1cc(Cl)ccc1Cl. The number of nitrogens with one attached hydrogen (secondary N) is 2. The van der Waals surface area contributed by atoms with Gasteiger partial charge in [0.15, 0.2) is 11.6 Å². The lowest BCUT2D eigenvalue weighted by Crippen LogP contribution is -2.05. The Hall–Kier alpha value is -2.50. The van der Waals surface area contributed by atoms with Crippen molar-refractivity contribution in [3.05, 3.63) is 64.9 Å². The fourth-order valence-electron chi connectivity index (χ4n) is 1.97. The summed E-state index contributed by atoms with van der Waals surface area (Å²) < 4.78 is 0. The molecule has 2 aromatic carbocycles. The molecule has 3 aromatic rings. The van der Waals surface area contributed by atoms with Gasteiger partial charge in [0.05, 0.1) is 10.7 Å². The smallest absolute Gasteiger partial charge is 0.159 e. The van der Waals surface area contributed by atoms with Crippen molar-refractivity contribution in [3.63, 3.8) is 0 Å². The minimum Gasteiger partial charge on any atom is -0.393 e. The molecule has 3 rings (SSSR count). The van der Waals surface area contributed by atoms with Crippen LogP contribution in [0.4, 0.5) is 28.7 Å². The van der Waals surface area contributed by atoms with Crippen molar-refractivity contribution >= 4 is 51.9 Å². The Morgan fingerprint density at radius 3 is 2.30 bits per heavy atom. The van der Waals surface area contributed by atoms with Crippen molar-refractivity contribution < 1.29 is 0 Å². The fraction of sp³-hybridized carbons (Fsp3) is 0. The van der Waals surface area contributed by atoms with Crippen LogP contribution in [0.5, 0.6) is 0 Å². The minimum absolute atomic E-state index is 0.382. The lowest BCUT2D eigenvalue weighted by molar-refractivity contribution is 1.17. The molecule has 5 nitrogen and oxygen atoms in total. The van der Waals surface area contributed by atoms with Crippen LogP contribution in [0.3, 0.4) is 0 Å². The van der Waals surface area contributed by atoms with Crippen molar-refractivity contribution in [1.82, 2.24) is 9.97 Å². The van der Waals surface area contributed by atoms with Crippen LogP contribution in [0.15, 0.2) is 54.9 Å². The molecule has 0 spiro atoms. The number of para-hydroxylation sites is 1. The predicted octanol–water partition coefficient (Wildman–Crippen LogP) is 4.85. The molecule has 7 heteroatoms. The van der Waals surface area contributed by atoms with Gasteiger partial charge in [-0.1, -0.05) is 41.4 Å². The quantitative estimate of drug-likeness (QED) is 0.629. The number of hydrogen-bond acceptors (Lipinski definition) is 5. The molecular weight excluding hydrogens is 333 g/mol. The second-order valence-corrected chi connectivity index (χ2v) is 5.57. The summed E-state index contributed by atoms with van der Waals surface area (Å²) in [5.74, 6) is 0.953. The molecule has 0 unspecified atom stereocenters. The van der Waals surface area contributed by atoms with Crippen LogP contribution >= 0.6 is 23.2 Å². The van der Waals surface area contributed by atoms with Crippen LogP contribution in [-0.2, 0) is 0 Å². The second-order valence-electron chi connectivity index (χ2n) is 4.72. The molecule has 0 saturated heterocycles. The van der Waals surface area contributed by atoms with Crippen LogP contribution in [0.2, 0.25) is 10.0 Å². The van der Waals surface area contributed by atoms with Crippen molar-refractivity contribution in [2.75, 3.05) is 16.4 Å². The van der Waals surface area contributed by atoms with Crippen LogP contribution in [-0.4, -0.2) is 9.97 Å². The molecule has 0 saturated carbocycles. The number of anilines is 5. The Kier molecular flexibility index (Phi) is 4.50. The number of nitrogens with zero attached hydrogens (tertiary/aromatic N) is 2. The van der Waals surface area contributed by atoms with Gasteiger partial charge < -0.3 is 16.4 Å². The molecule has 23 heavy (non-hydrogen) atoms.